The molecule has 0 spiro atoms. The van der Waals surface area contributed by atoms with E-state index in [1.165, 1.54) is 44.1 Å². The Kier molecular flexibility index (Phi) is 3.79. The largest absolute Gasteiger partial charge is 0.327 e. The summed E-state index contributed by atoms with van der Waals surface area (Å²) in [6.07, 6.45) is 7.76. The average molecular weight is 203 g/mol. The van der Waals surface area contributed by atoms with Crippen molar-refractivity contribution < 1.29 is 0 Å². The molecule has 0 saturated heterocycles. The lowest BCUT2D eigenvalue weighted by atomic mass is 9.81. The van der Waals surface area contributed by atoms with E-state index in [0.717, 1.165) is 5.92 Å². The number of hydrogen-bond donors (Lipinski definition) is 1. The van der Waals surface area contributed by atoms with E-state index in [1.807, 2.05) is 0 Å². The van der Waals surface area contributed by atoms with Crippen LogP contribution in [0, 0.1) is 5.92 Å². The van der Waals surface area contributed by atoms with Gasteiger partial charge in [-0.25, -0.2) is 0 Å². The van der Waals surface area contributed by atoms with Crippen molar-refractivity contribution in [2.75, 3.05) is 0 Å². The Bertz CT molecular complexity index is 281. The van der Waals surface area contributed by atoms with E-state index in [0.29, 0.717) is 6.04 Å². The summed E-state index contributed by atoms with van der Waals surface area (Å²) in [5, 5.41) is 0. The lowest BCUT2D eigenvalue weighted by Gasteiger charge is -2.28. The summed E-state index contributed by atoms with van der Waals surface area (Å²) in [6.45, 7) is 0. The van der Waals surface area contributed by atoms with Gasteiger partial charge in [0.15, 0.2) is 0 Å². The smallest absolute Gasteiger partial charge is 0.00672 e. The molecule has 82 valence electrons. The lowest BCUT2D eigenvalue weighted by molar-refractivity contribution is 0.292. The Morgan fingerprint density at radius 1 is 1.07 bits per heavy atom. The van der Waals surface area contributed by atoms with Crippen LogP contribution in [0.1, 0.15) is 37.7 Å². The highest BCUT2D eigenvalue weighted by molar-refractivity contribution is 5.14. The molecule has 0 amide bonds. The van der Waals surface area contributed by atoms with Crippen molar-refractivity contribution in [2.45, 2.75) is 44.6 Å². The minimum Gasteiger partial charge on any atom is -0.327 e. The Hall–Kier alpha value is -0.820. The van der Waals surface area contributed by atoms with Crippen molar-refractivity contribution in [1.82, 2.24) is 0 Å². The first-order valence-electron chi connectivity index (χ1n) is 6.16. The van der Waals surface area contributed by atoms with Crippen molar-refractivity contribution in [2.24, 2.45) is 11.7 Å². The normalized spacial score (nSPS) is 26.5. The van der Waals surface area contributed by atoms with Gasteiger partial charge in [0, 0.05) is 6.04 Å². The highest BCUT2D eigenvalue weighted by Crippen LogP contribution is 2.26. The molecule has 0 radical (unpaired) electrons. The first-order chi connectivity index (χ1) is 7.36. The van der Waals surface area contributed by atoms with Crippen molar-refractivity contribution in [3.05, 3.63) is 35.9 Å². The number of hydrogen-bond acceptors (Lipinski definition) is 1. The molecular weight excluding hydrogens is 182 g/mol. The monoisotopic (exact) mass is 203 g/mol. The molecule has 1 heteroatoms. The maximum absolute atomic E-state index is 6.14. The van der Waals surface area contributed by atoms with Crippen LogP contribution in [0.15, 0.2) is 30.3 Å². The van der Waals surface area contributed by atoms with Gasteiger partial charge >= 0.3 is 0 Å². The minimum atomic E-state index is 0.461. The molecule has 15 heavy (non-hydrogen) atoms. The van der Waals surface area contributed by atoms with E-state index in [2.05, 4.69) is 30.3 Å². The van der Waals surface area contributed by atoms with Crippen LogP contribution in [-0.4, -0.2) is 6.04 Å². The summed E-state index contributed by atoms with van der Waals surface area (Å²) in [7, 11) is 0. The van der Waals surface area contributed by atoms with Crippen LogP contribution in [0.25, 0.3) is 0 Å². The third-order valence-corrected chi connectivity index (χ3v) is 3.61. The maximum Gasteiger partial charge on any atom is 0.00672 e. The molecule has 2 rings (SSSR count). The Labute approximate surface area is 92.7 Å². The second-order valence-electron chi connectivity index (χ2n) is 4.73. The minimum absolute atomic E-state index is 0.461. The molecule has 0 aromatic heterocycles. The van der Waals surface area contributed by atoms with Crippen LogP contribution < -0.4 is 5.73 Å². The second kappa shape index (κ2) is 5.32. The highest BCUT2D eigenvalue weighted by Gasteiger charge is 2.20. The van der Waals surface area contributed by atoms with Crippen molar-refractivity contribution >= 4 is 0 Å². The number of nitrogens with two attached hydrogens (primary N) is 1. The third-order valence-electron chi connectivity index (χ3n) is 3.61. The van der Waals surface area contributed by atoms with E-state index < -0.39 is 0 Å². The average Bonchev–Trinajstić information content (AvgIpc) is 2.29. The third kappa shape index (κ3) is 3.07. The van der Waals surface area contributed by atoms with Gasteiger partial charge in [0.2, 0.25) is 0 Å². The van der Waals surface area contributed by atoms with Gasteiger partial charge in [0.25, 0.3) is 0 Å². The van der Waals surface area contributed by atoms with E-state index >= 15 is 0 Å². The van der Waals surface area contributed by atoms with Crippen LogP contribution in [-0.2, 0) is 6.42 Å². The van der Waals surface area contributed by atoms with Gasteiger partial charge in [-0.05, 0) is 37.2 Å². The summed E-state index contributed by atoms with van der Waals surface area (Å²) in [6, 6.07) is 11.2. The molecule has 1 aliphatic carbocycles. The van der Waals surface area contributed by atoms with Crippen LogP contribution in [0.2, 0.25) is 0 Å². The van der Waals surface area contributed by atoms with Gasteiger partial charge in [0.05, 0.1) is 0 Å². The summed E-state index contributed by atoms with van der Waals surface area (Å²) in [5.41, 5.74) is 7.60. The van der Waals surface area contributed by atoms with Crippen molar-refractivity contribution in [3.63, 3.8) is 0 Å². The number of aryl methyl sites for hydroxylation is 1. The topological polar surface area (TPSA) is 26.0 Å². The summed E-state index contributed by atoms with van der Waals surface area (Å²) < 4.78 is 0. The fraction of sp³-hybridized carbons (Fsp3) is 0.571. The van der Waals surface area contributed by atoms with E-state index in [4.69, 9.17) is 5.73 Å². The molecule has 1 nitrogen and oxygen atoms in total. The summed E-state index contributed by atoms with van der Waals surface area (Å²) in [5.74, 6) is 0.763. The Balaban J connectivity index is 1.82. The fourth-order valence-corrected chi connectivity index (χ4v) is 2.59. The van der Waals surface area contributed by atoms with Crippen LogP contribution in [0.3, 0.4) is 0 Å². The zero-order valence-corrected chi connectivity index (χ0v) is 9.36. The Morgan fingerprint density at radius 2 is 1.80 bits per heavy atom. The van der Waals surface area contributed by atoms with Crippen LogP contribution in [0.5, 0.6) is 0 Å². The standard InChI is InChI=1S/C14H21N/c15-14-9-5-4-8-13(14)11-10-12-6-2-1-3-7-12/h1-3,6-7,13-14H,4-5,8-11,15H2/t13-,14+/m0/s1. The number of benzene rings is 1. The molecule has 1 aromatic carbocycles. The Morgan fingerprint density at radius 3 is 2.53 bits per heavy atom. The molecule has 1 aromatic rings. The lowest BCUT2D eigenvalue weighted by Crippen LogP contribution is -2.33. The zero-order chi connectivity index (χ0) is 10.5. The molecule has 2 atom stereocenters. The van der Waals surface area contributed by atoms with Crippen molar-refractivity contribution in [1.29, 1.82) is 0 Å². The fourth-order valence-electron chi connectivity index (χ4n) is 2.59. The molecule has 0 bridgehead atoms. The SMILES string of the molecule is N[C@@H]1CCCC[C@H]1CCc1ccccc1. The molecular formula is C14H21N. The second-order valence-corrected chi connectivity index (χ2v) is 4.73. The molecule has 0 heterocycles. The van der Waals surface area contributed by atoms with Gasteiger partial charge in [-0.3, -0.25) is 0 Å². The zero-order valence-electron chi connectivity index (χ0n) is 9.36. The molecule has 1 fully saturated rings. The summed E-state index contributed by atoms with van der Waals surface area (Å²) in [4.78, 5) is 0. The van der Waals surface area contributed by atoms with Gasteiger partial charge in [-0.15, -0.1) is 0 Å². The molecule has 0 unspecified atom stereocenters. The first-order valence-corrected chi connectivity index (χ1v) is 6.16. The van der Waals surface area contributed by atoms with E-state index in [1.54, 1.807) is 0 Å². The van der Waals surface area contributed by atoms with Crippen LogP contribution >= 0.6 is 0 Å². The van der Waals surface area contributed by atoms with E-state index in [9.17, 15) is 0 Å². The van der Waals surface area contributed by atoms with Gasteiger partial charge in [0.1, 0.15) is 0 Å². The molecule has 2 N–H and O–H groups in total. The first kappa shape index (κ1) is 10.7. The predicted octanol–water partition coefficient (Wildman–Crippen LogP) is 3.14. The summed E-state index contributed by atoms with van der Waals surface area (Å²) >= 11 is 0. The molecule has 1 aliphatic rings. The molecule has 0 aliphatic heterocycles. The van der Waals surface area contributed by atoms with Gasteiger partial charge in [-0.1, -0.05) is 43.2 Å². The molecule has 1 saturated carbocycles. The van der Waals surface area contributed by atoms with Gasteiger partial charge in [-0.2, -0.15) is 0 Å². The maximum atomic E-state index is 6.14. The quantitative estimate of drug-likeness (QED) is 0.802. The van der Waals surface area contributed by atoms with Crippen LogP contribution in [0.4, 0.5) is 0 Å². The van der Waals surface area contributed by atoms with E-state index in [-0.39, 0.29) is 0 Å². The highest BCUT2D eigenvalue weighted by atomic mass is 14.7. The predicted molar refractivity (Wildman–Crippen MR) is 64.7 cm³/mol. The van der Waals surface area contributed by atoms with Crippen molar-refractivity contribution in [3.8, 4) is 0 Å². The van der Waals surface area contributed by atoms with Gasteiger partial charge < -0.3 is 5.73 Å². The number of rotatable bonds is 3.